The zero-order valence-corrected chi connectivity index (χ0v) is 31.9. The van der Waals surface area contributed by atoms with E-state index < -0.39 is 0 Å². The molecule has 2 nitrogen and oxygen atoms in total. The molecule has 0 amide bonds. The Balaban J connectivity index is 1.09. The molecule has 0 bridgehead atoms. The highest BCUT2D eigenvalue weighted by molar-refractivity contribution is 6.21. The Hall–Kier alpha value is -7.16. The molecule has 10 aromatic rings. The van der Waals surface area contributed by atoms with Gasteiger partial charge in [-0.15, -0.1) is 0 Å². The van der Waals surface area contributed by atoms with Crippen molar-refractivity contribution in [2.24, 2.45) is 0 Å². The summed E-state index contributed by atoms with van der Waals surface area (Å²) in [5.41, 5.74) is 15.3. The molecule has 0 aliphatic heterocycles. The molecule has 0 atom stereocenters. The quantitative estimate of drug-likeness (QED) is 0.165. The van der Waals surface area contributed by atoms with Crippen LogP contribution in [0.5, 0.6) is 0 Å². The summed E-state index contributed by atoms with van der Waals surface area (Å²) in [6, 6.07) is 70.1. The lowest BCUT2D eigenvalue weighted by Crippen LogP contribution is -2.14. The summed E-state index contributed by atoms with van der Waals surface area (Å²) in [5, 5.41) is 7.30. The summed E-state index contributed by atoms with van der Waals surface area (Å²) in [6.07, 6.45) is 0. The van der Waals surface area contributed by atoms with Crippen LogP contribution in [-0.4, -0.2) is 9.97 Å². The van der Waals surface area contributed by atoms with E-state index in [2.05, 4.69) is 184 Å². The first-order valence-electron chi connectivity index (χ1n) is 19.7. The predicted molar refractivity (Wildman–Crippen MR) is 239 cm³/mol. The normalized spacial score (nSPS) is 12.9. The Kier molecular flexibility index (Phi) is 7.55. The first kappa shape index (κ1) is 33.2. The molecule has 0 spiro atoms. The lowest BCUT2D eigenvalue weighted by Gasteiger charge is -2.22. The topological polar surface area (TPSA) is 25.8 Å². The number of hydrogen-bond donors (Lipinski definition) is 0. The molecule has 1 heterocycles. The summed E-state index contributed by atoms with van der Waals surface area (Å²) < 4.78 is 0. The molecular formula is C55H38N2. The SMILES string of the molecule is CC1(C)c2cc3ccccc3cc2-c2c(-c3ccc(-c4c5ccccc5c(-c5cc(-c6ccccc6)nc(-c6ccccc6)n5)c5ccccc45)cc3)cccc21. The second-order valence-corrected chi connectivity index (χ2v) is 15.7. The lowest BCUT2D eigenvalue weighted by atomic mass is 9.81. The van der Waals surface area contributed by atoms with E-state index in [9.17, 15) is 0 Å². The highest BCUT2D eigenvalue weighted by atomic mass is 14.9. The van der Waals surface area contributed by atoms with Gasteiger partial charge in [-0.2, -0.15) is 0 Å². The number of aromatic nitrogens is 2. The van der Waals surface area contributed by atoms with Gasteiger partial charge < -0.3 is 0 Å². The van der Waals surface area contributed by atoms with Crippen molar-refractivity contribution in [2.45, 2.75) is 19.3 Å². The molecule has 1 aliphatic carbocycles. The van der Waals surface area contributed by atoms with Crippen LogP contribution in [0.3, 0.4) is 0 Å². The molecule has 0 unspecified atom stereocenters. The number of nitrogens with zero attached hydrogens (tertiary/aromatic N) is 2. The van der Waals surface area contributed by atoms with Gasteiger partial charge in [0, 0.05) is 22.1 Å². The Morgan fingerprint density at radius 3 is 1.51 bits per heavy atom. The van der Waals surface area contributed by atoms with Crippen LogP contribution in [0.2, 0.25) is 0 Å². The molecule has 268 valence electrons. The zero-order chi connectivity index (χ0) is 38.1. The smallest absolute Gasteiger partial charge is 0.160 e. The molecule has 11 rings (SSSR count). The van der Waals surface area contributed by atoms with Crippen LogP contribution in [0.4, 0.5) is 0 Å². The minimum atomic E-state index is -0.0857. The average molecular weight is 727 g/mol. The van der Waals surface area contributed by atoms with Gasteiger partial charge in [-0.05, 0) is 95.0 Å². The van der Waals surface area contributed by atoms with Crippen molar-refractivity contribution in [3.63, 3.8) is 0 Å². The molecule has 0 saturated carbocycles. The molecule has 1 aliphatic rings. The first-order valence-corrected chi connectivity index (χ1v) is 19.7. The van der Waals surface area contributed by atoms with Gasteiger partial charge in [0.15, 0.2) is 5.82 Å². The Bertz CT molecular complexity index is 3060. The molecule has 0 N–H and O–H groups in total. The number of fused-ring (bicyclic) bond motifs is 6. The highest BCUT2D eigenvalue weighted by Gasteiger charge is 2.37. The van der Waals surface area contributed by atoms with Gasteiger partial charge in [0.25, 0.3) is 0 Å². The molecule has 1 aromatic heterocycles. The van der Waals surface area contributed by atoms with Gasteiger partial charge in [-0.25, -0.2) is 9.97 Å². The van der Waals surface area contributed by atoms with Gasteiger partial charge >= 0.3 is 0 Å². The predicted octanol–water partition coefficient (Wildman–Crippen LogP) is 14.6. The first-order chi connectivity index (χ1) is 28.0. The standard InChI is InChI=1S/C55H38N2/c1-55(2)47-27-15-26-41(52(47)46-32-39-20-9-10-21-40(39)33-48(46)55)35-28-30-37(31-29-35)51-42-22-11-13-24-44(42)53(45-25-14-12-23-43(45)51)50-34-49(36-16-5-3-6-17-36)56-54(57-50)38-18-7-4-8-19-38/h3-34H,1-2H3. The average Bonchev–Trinajstić information content (AvgIpc) is 3.50. The molecule has 0 saturated heterocycles. The van der Waals surface area contributed by atoms with Crippen LogP contribution < -0.4 is 0 Å². The van der Waals surface area contributed by atoms with E-state index in [1.54, 1.807) is 0 Å². The lowest BCUT2D eigenvalue weighted by molar-refractivity contribution is 0.661. The Morgan fingerprint density at radius 2 is 0.860 bits per heavy atom. The third-order valence-corrected chi connectivity index (χ3v) is 12.1. The van der Waals surface area contributed by atoms with Crippen LogP contribution >= 0.6 is 0 Å². The maximum atomic E-state index is 5.31. The van der Waals surface area contributed by atoms with E-state index in [0.29, 0.717) is 5.82 Å². The van der Waals surface area contributed by atoms with E-state index in [1.165, 1.54) is 76.8 Å². The highest BCUT2D eigenvalue weighted by Crippen LogP contribution is 2.53. The van der Waals surface area contributed by atoms with Crippen LogP contribution in [0.15, 0.2) is 194 Å². The van der Waals surface area contributed by atoms with E-state index >= 15 is 0 Å². The Morgan fingerprint density at radius 1 is 0.333 bits per heavy atom. The third-order valence-electron chi connectivity index (χ3n) is 12.1. The summed E-state index contributed by atoms with van der Waals surface area (Å²) in [7, 11) is 0. The molecular weight excluding hydrogens is 689 g/mol. The van der Waals surface area contributed by atoms with Crippen molar-refractivity contribution >= 4 is 32.3 Å². The van der Waals surface area contributed by atoms with Crippen LogP contribution in [-0.2, 0) is 5.41 Å². The van der Waals surface area contributed by atoms with E-state index in [0.717, 1.165) is 28.1 Å². The van der Waals surface area contributed by atoms with Crippen molar-refractivity contribution in [3.05, 3.63) is 205 Å². The summed E-state index contributed by atoms with van der Waals surface area (Å²) >= 11 is 0. The second-order valence-electron chi connectivity index (χ2n) is 15.7. The minimum Gasteiger partial charge on any atom is -0.228 e. The number of benzene rings is 9. The van der Waals surface area contributed by atoms with Crippen molar-refractivity contribution < 1.29 is 0 Å². The molecule has 57 heavy (non-hydrogen) atoms. The molecule has 9 aromatic carbocycles. The van der Waals surface area contributed by atoms with E-state index in [4.69, 9.17) is 9.97 Å². The van der Waals surface area contributed by atoms with Crippen molar-refractivity contribution in [3.8, 4) is 67.3 Å². The zero-order valence-electron chi connectivity index (χ0n) is 31.9. The Labute approximate surface area is 332 Å². The third kappa shape index (κ3) is 5.33. The molecule has 0 radical (unpaired) electrons. The van der Waals surface area contributed by atoms with Gasteiger partial charge in [-0.1, -0.05) is 190 Å². The maximum absolute atomic E-state index is 5.31. The van der Waals surface area contributed by atoms with E-state index in [1.807, 2.05) is 24.3 Å². The largest absolute Gasteiger partial charge is 0.228 e. The van der Waals surface area contributed by atoms with Gasteiger partial charge in [0.1, 0.15) is 0 Å². The van der Waals surface area contributed by atoms with E-state index in [-0.39, 0.29) is 5.41 Å². The fourth-order valence-corrected chi connectivity index (χ4v) is 9.29. The molecule has 0 fully saturated rings. The maximum Gasteiger partial charge on any atom is 0.160 e. The summed E-state index contributed by atoms with van der Waals surface area (Å²) in [6.45, 7) is 4.73. The van der Waals surface area contributed by atoms with Crippen molar-refractivity contribution in [2.75, 3.05) is 0 Å². The fourth-order valence-electron chi connectivity index (χ4n) is 9.29. The monoisotopic (exact) mass is 726 g/mol. The summed E-state index contributed by atoms with van der Waals surface area (Å²) in [5.74, 6) is 0.714. The van der Waals surface area contributed by atoms with Crippen LogP contribution in [0.25, 0.3) is 99.6 Å². The van der Waals surface area contributed by atoms with Crippen LogP contribution in [0.1, 0.15) is 25.0 Å². The fraction of sp³-hybridized carbons (Fsp3) is 0.0545. The minimum absolute atomic E-state index is 0.0857. The van der Waals surface area contributed by atoms with Gasteiger partial charge in [0.2, 0.25) is 0 Å². The van der Waals surface area contributed by atoms with Crippen molar-refractivity contribution in [1.82, 2.24) is 9.97 Å². The van der Waals surface area contributed by atoms with Gasteiger partial charge in [0.05, 0.1) is 11.4 Å². The second kappa shape index (κ2) is 13.0. The van der Waals surface area contributed by atoms with Crippen molar-refractivity contribution in [1.29, 1.82) is 0 Å². The van der Waals surface area contributed by atoms with Gasteiger partial charge in [-0.3, -0.25) is 0 Å². The number of rotatable bonds is 5. The van der Waals surface area contributed by atoms with Crippen LogP contribution in [0, 0.1) is 0 Å². The number of hydrogen-bond acceptors (Lipinski definition) is 2. The summed E-state index contributed by atoms with van der Waals surface area (Å²) in [4.78, 5) is 10.4. The molecule has 2 heteroatoms.